The van der Waals surface area contributed by atoms with Crippen LogP contribution in [0, 0.1) is 11.7 Å². The Labute approximate surface area is 173 Å². The van der Waals surface area contributed by atoms with E-state index in [1.807, 2.05) is 6.07 Å². The molecule has 1 unspecified atom stereocenters. The van der Waals surface area contributed by atoms with Gasteiger partial charge in [-0.3, -0.25) is 4.79 Å². The number of hydrogen-bond donors (Lipinski definition) is 1. The van der Waals surface area contributed by atoms with Gasteiger partial charge >= 0.3 is 0 Å². The molecule has 0 aliphatic carbocycles. The van der Waals surface area contributed by atoms with Crippen LogP contribution in [0.2, 0.25) is 0 Å². The molecule has 3 aromatic rings. The number of nitrogens with zero attached hydrogens (tertiary/aromatic N) is 2. The Bertz CT molecular complexity index is 1130. The number of rotatable bonds is 5. The molecule has 1 N–H and O–H groups in total. The van der Waals surface area contributed by atoms with Crippen molar-refractivity contribution in [1.82, 2.24) is 9.29 Å². The fourth-order valence-corrected chi connectivity index (χ4v) is 5.01. The summed E-state index contributed by atoms with van der Waals surface area (Å²) in [5, 5.41) is 2.86. The number of amides is 1. The Morgan fingerprint density at radius 3 is 2.73 bits per heavy atom. The lowest BCUT2D eigenvalue weighted by atomic mass is 9.98. The number of piperidine rings is 1. The van der Waals surface area contributed by atoms with Crippen molar-refractivity contribution < 1.29 is 22.0 Å². The molecule has 2 heterocycles. The fourth-order valence-electron chi connectivity index (χ4n) is 3.48. The molecule has 1 aromatic heterocycles. The van der Waals surface area contributed by atoms with Gasteiger partial charge in [0.1, 0.15) is 5.82 Å². The highest BCUT2D eigenvalue weighted by Crippen LogP contribution is 2.26. The molecule has 2 aromatic carbocycles. The van der Waals surface area contributed by atoms with Gasteiger partial charge in [0, 0.05) is 24.3 Å². The molecule has 7 nitrogen and oxygen atoms in total. The van der Waals surface area contributed by atoms with Crippen LogP contribution in [0.4, 0.5) is 10.1 Å². The van der Waals surface area contributed by atoms with E-state index in [0.29, 0.717) is 30.8 Å². The Balaban J connectivity index is 1.46. The summed E-state index contributed by atoms with van der Waals surface area (Å²) < 4.78 is 45.4. The van der Waals surface area contributed by atoms with Gasteiger partial charge in [-0.15, -0.1) is 0 Å². The van der Waals surface area contributed by atoms with Crippen LogP contribution in [-0.4, -0.2) is 36.7 Å². The number of carbonyl (C=O) groups excluding carboxylic acids is 1. The van der Waals surface area contributed by atoms with Gasteiger partial charge in [-0.25, -0.2) is 17.8 Å². The van der Waals surface area contributed by atoms with Crippen LogP contribution in [-0.2, 0) is 14.8 Å². The largest absolute Gasteiger partial charge is 0.444 e. The zero-order valence-corrected chi connectivity index (χ0v) is 16.8. The van der Waals surface area contributed by atoms with E-state index in [1.54, 1.807) is 24.4 Å². The molecule has 1 atom stereocenters. The lowest BCUT2D eigenvalue weighted by molar-refractivity contribution is -0.120. The van der Waals surface area contributed by atoms with Gasteiger partial charge in [0.05, 0.1) is 17.0 Å². The molecule has 1 aliphatic heterocycles. The lowest BCUT2D eigenvalue weighted by Crippen LogP contribution is -2.43. The predicted molar refractivity (Wildman–Crippen MR) is 108 cm³/mol. The van der Waals surface area contributed by atoms with Gasteiger partial charge in [0.2, 0.25) is 15.9 Å². The zero-order chi connectivity index (χ0) is 21.1. The number of anilines is 1. The van der Waals surface area contributed by atoms with Crippen molar-refractivity contribution in [3.63, 3.8) is 0 Å². The van der Waals surface area contributed by atoms with E-state index in [4.69, 9.17) is 4.42 Å². The number of halogens is 1. The lowest BCUT2D eigenvalue weighted by Gasteiger charge is -2.31. The van der Waals surface area contributed by atoms with Crippen molar-refractivity contribution in [3.8, 4) is 11.3 Å². The van der Waals surface area contributed by atoms with E-state index < -0.39 is 21.8 Å². The van der Waals surface area contributed by atoms with Crippen molar-refractivity contribution in [2.75, 3.05) is 18.4 Å². The Morgan fingerprint density at radius 1 is 1.20 bits per heavy atom. The third-order valence-electron chi connectivity index (χ3n) is 5.05. The summed E-state index contributed by atoms with van der Waals surface area (Å²) in [6, 6.07) is 11.9. The summed E-state index contributed by atoms with van der Waals surface area (Å²) in [5.41, 5.74) is 1.36. The average Bonchev–Trinajstić information content (AvgIpc) is 3.29. The second kappa shape index (κ2) is 8.37. The van der Waals surface area contributed by atoms with Crippen molar-refractivity contribution in [2.24, 2.45) is 5.92 Å². The molecule has 0 bridgehead atoms. The quantitative estimate of drug-likeness (QED) is 0.670. The van der Waals surface area contributed by atoms with Crippen LogP contribution in [0.1, 0.15) is 12.8 Å². The SMILES string of the molecule is O=C(Nc1cccc(-c2cnco2)c1)C1CCCN(S(=O)(=O)c2ccc(F)cc2)C1. The molecule has 1 amide bonds. The molecule has 30 heavy (non-hydrogen) atoms. The minimum atomic E-state index is -3.79. The Morgan fingerprint density at radius 2 is 2.00 bits per heavy atom. The number of carbonyl (C=O) groups is 1. The average molecular weight is 429 g/mol. The number of hydrogen-bond acceptors (Lipinski definition) is 5. The van der Waals surface area contributed by atoms with Gasteiger partial charge < -0.3 is 9.73 Å². The van der Waals surface area contributed by atoms with Gasteiger partial charge in [-0.2, -0.15) is 4.31 Å². The second-order valence-corrected chi connectivity index (χ2v) is 9.03. The molecular weight excluding hydrogens is 409 g/mol. The first-order valence-corrected chi connectivity index (χ1v) is 10.9. The molecule has 0 saturated carbocycles. The van der Waals surface area contributed by atoms with Crippen LogP contribution >= 0.6 is 0 Å². The monoisotopic (exact) mass is 429 g/mol. The summed E-state index contributed by atoms with van der Waals surface area (Å²) in [7, 11) is -3.79. The van der Waals surface area contributed by atoms with Gasteiger partial charge in [-0.1, -0.05) is 12.1 Å². The maximum absolute atomic E-state index is 13.1. The van der Waals surface area contributed by atoms with Gasteiger partial charge in [0.25, 0.3) is 0 Å². The maximum Gasteiger partial charge on any atom is 0.243 e. The van der Waals surface area contributed by atoms with Crippen molar-refractivity contribution >= 4 is 21.6 Å². The zero-order valence-electron chi connectivity index (χ0n) is 16.0. The minimum Gasteiger partial charge on any atom is -0.444 e. The first-order chi connectivity index (χ1) is 14.4. The molecule has 0 radical (unpaired) electrons. The molecular formula is C21H20FN3O4S. The summed E-state index contributed by atoms with van der Waals surface area (Å²) >= 11 is 0. The molecule has 4 rings (SSSR count). The highest BCUT2D eigenvalue weighted by Gasteiger charge is 2.33. The smallest absolute Gasteiger partial charge is 0.243 e. The second-order valence-electron chi connectivity index (χ2n) is 7.09. The summed E-state index contributed by atoms with van der Waals surface area (Å²) in [4.78, 5) is 16.7. The van der Waals surface area contributed by atoms with Crippen LogP contribution in [0.15, 0.2) is 70.4 Å². The highest BCUT2D eigenvalue weighted by atomic mass is 32.2. The van der Waals surface area contributed by atoms with Gasteiger partial charge in [-0.05, 0) is 49.2 Å². The molecule has 9 heteroatoms. The van der Waals surface area contributed by atoms with E-state index in [-0.39, 0.29) is 17.3 Å². The van der Waals surface area contributed by atoms with E-state index in [0.717, 1.165) is 17.7 Å². The number of benzene rings is 2. The third-order valence-corrected chi connectivity index (χ3v) is 6.93. The number of oxazole rings is 1. The van der Waals surface area contributed by atoms with Crippen LogP contribution < -0.4 is 5.32 Å². The maximum atomic E-state index is 13.1. The summed E-state index contributed by atoms with van der Waals surface area (Å²) in [6.45, 7) is 0.401. The number of nitrogens with one attached hydrogen (secondary N) is 1. The third kappa shape index (κ3) is 4.27. The molecule has 1 fully saturated rings. The molecule has 0 spiro atoms. The van der Waals surface area contributed by atoms with Crippen LogP contribution in [0.5, 0.6) is 0 Å². The Kier molecular flexibility index (Phi) is 5.65. The van der Waals surface area contributed by atoms with Crippen molar-refractivity contribution in [2.45, 2.75) is 17.7 Å². The Hall–Kier alpha value is -3.04. The molecule has 156 valence electrons. The minimum absolute atomic E-state index is 0.0183. The van der Waals surface area contributed by atoms with Crippen LogP contribution in [0.25, 0.3) is 11.3 Å². The number of sulfonamides is 1. The first kappa shape index (κ1) is 20.2. The van der Waals surface area contributed by atoms with Crippen molar-refractivity contribution in [3.05, 3.63) is 66.9 Å². The predicted octanol–water partition coefficient (Wildman–Crippen LogP) is 3.52. The van der Waals surface area contributed by atoms with E-state index in [2.05, 4.69) is 10.3 Å². The van der Waals surface area contributed by atoms with Crippen molar-refractivity contribution in [1.29, 1.82) is 0 Å². The standard InChI is InChI=1S/C21H20FN3O4S/c22-17-6-8-19(9-7-17)30(27,28)25-10-2-4-16(13-25)21(26)24-18-5-1-3-15(11-18)20-12-23-14-29-20/h1,3,5-9,11-12,14,16H,2,4,10,13H2,(H,24,26). The highest BCUT2D eigenvalue weighted by molar-refractivity contribution is 7.89. The topological polar surface area (TPSA) is 92.5 Å². The van der Waals surface area contributed by atoms with E-state index in [1.165, 1.54) is 22.8 Å². The molecule has 1 aliphatic rings. The van der Waals surface area contributed by atoms with Gasteiger partial charge in [0.15, 0.2) is 12.2 Å². The van der Waals surface area contributed by atoms with E-state index in [9.17, 15) is 17.6 Å². The fraction of sp³-hybridized carbons (Fsp3) is 0.238. The van der Waals surface area contributed by atoms with E-state index >= 15 is 0 Å². The molecule has 1 saturated heterocycles. The summed E-state index contributed by atoms with van der Waals surface area (Å²) in [6.07, 6.45) is 4.07. The number of aromatic nitrogens is 1. The first-order valence-electron chi connectivity index (χ1n) is 9.49. The van der Waals surface area contributed by atoms with Crippen LogP contribution in [0.3, 0.4) is 0 Å². The normalized spacial score (nSPS) is 17.6. The summed E-state index contributed by atoms with van der Waals surface area (Å²) in [5.74, 6) is -0.649.